The van der Waals surface area contributed by atoms with Crippen molar-refractivity contribution in [1.29, 1.82) is 0 Å². The van der Waals surface area contributed by atoms with Crippen LogP contribution in [0.2, 0.25) is 0 Å². The molecule has 0 fully saturated rings. The van der Waals surface area contributed by atoms with Gasteiger partial charge in [0.05, 0.1) is 6.54 Å². The van der Waals surface area contributed by atoms with Gasteiger partial charge in [-0.2, -0.15) is 0 Å². The summed E-state index contributed by atoms with van der Waals surface area (Å²) < 4.78 is 0.796. The minimum Gasteiger partial charge on any atom is -0.480 e. The van der Waals surface area contributed by atoms with Gasteiger partial charge in [0.15, 0.2) is 0 Å². The number of halogens is 1. The fourth-order valence-electron chi connectivity index (χ4n) is 1.38. The Hall–Kier alpha value is -1.80. The second-order valence-corrected chi connectivity index (χ2v) is 4.58. The van der Waals surface area contributed by atoms with E-state index in [2.05, 4.69) is 21.9 Å². The molecule has 0 unspecified atom stereocenters. The molecular weight excluding hydrogens is 298 g/mol. The summed E-state index contributed by atoms with van der Waals surface area (Å²) in [5.41, 5.74) is 1.40. The van der Waals surface area contributed by atoms with Gasteiger partial charge in [-0.1, -0.05) is 27.9 Å². The van der Waals surface area contributed by atoms with Gasteiger partial charge in [-0.25, -0.2) is 0 Å². The first-order chi connectivity index (χ1) is 8.45. The van der Waals surface area contributed by atoms with E-state index in [4.69, 9.17) is 11.5 Å². The Labute approximate surface area is 114 Å². The quantitative estimate of drug-likeness (QED) is 0.865. The van der Waals surface area contributed by atoms with Crippen molar-refractivity contribution >= 4 is 27.8 Å². The van der Waals surface area contributed by atoms with Crippen LogP contribution in [0.3, 0.4) is 0 Å². The molecule has 0 saturated carbocycles. The molecule has 1 amide bonds. The molecule has 1 N–H and O–H groups in total. The van der Waals surface area contributed by atoms with E-state index in [1.807, 2.05) is 6.92 Å². The second kappa shape index (κ2) is 6.22. The fourth-order valence-corrected chi connectivity index (χ4v) is 1.76. The average molecular weight is 310 g/mol. The smallest absolute Gasteiger partial charge is 0.323 e. The zero-order valence-electron chi connectivity index (χ0n) is 9.81. The third-order valence-electron chi connectivity index (χ3n) is 2.31. The van der Waals surface area contributed by atoms with Crippen molar-refractivity contribution in [3.8, 4) is 12.3 Å². The molecule has 0 saturated heterocycles. The molecule has 0 aliphatic rings. The first-order valence-corrected chi connectivity index (χ1v) is 5.95. The maximum Gasteiger partial charge on any atom is 0.323 e. The molecule has 0 aromatic heterocycles. The van der Waals surface area contributed by atoms with Crippen LogP contribution in [0, 0.1) is 19.3 Å². The molecule has 18 heavy (non-hydrogen) atoms. The van der Waals surface area contributed by atoms with Crippen LogP contribution in [-0.2, 0) is 4.79 Å². The molecule has 1 rings (SSSR count). The zero-order chi connectivity index (χ0) is 13.7. The number of aryl methyl sites for hydroxylation is 1. The molecule has 1 aromatic rings. The zero-order valence-corrected chi connectivity index (χ0v) is 11.4. The predicted molar refractivity (Wildman–Crippen MR) is 71.3 cm³/mol. The van der Waals surface area contributed by atoms with Gasteiger partial charge in [-0.05, 0) is 24.6 Å². The lowest BCUT2D eigenvalue weighted by Crippen LogP contribution is -2.36. The number of carboxylic acid groups (broad SMARTS) is 1. The van der Waals surface area contributed by atoms with Crippen molar-refractivity contribution in [2.75, 3.05) is 13.1 Å². The van der Waals surface area contributed by atoms with E-state index in [1.165, 1.54) is 0 Å². The summed E-state index contributed by atoms with van der Waals surface area (Å²) in [7, 11) is 0. The van der Waals surface area contributed by atoms with Gasteiger partial charge in [-0.3, -0.25) is 9.59 Å². The number of hydrogen-bond acceptors (Lipinski definition) is 2. The van der Waals surface area contributed by atoms with Gasteiger partial charge in [0, 0.05) is 10.0 Å². The van der Waals surface area contributed by atoms with E-state index in [9.17, 15) is 9.59 Å². The number of carbonyl (C=O) groups is 2. The molecule has 4 nitrogen and oxygen atoms in total. The van der Waals surface area contributed by atoms with Crippen molar-refractivity contribution in [1.82, 2.24) is 4.90 Å². The standard InChI is InChI=1S/C13H12BrNO3/c1-3-6-15(8-12(16)17)13(18)10-5-4-9(2)11(14)7-10/h1,4-5,7H,6,8H2,2H3,(H,16,17). The van der Waals surface area contributed by atoms with Crippen LogP contribution in [0.1, 0.15) is 15.9 Å². The van der Waals surface area contributed by atoms with E-state index in [0.717, 1.165) is 14.9 Å². The highest BCUT2D eigenvalue weighted by Crippen LogP contribution is 2.18. The number of hydrogen-bond donors (Lipinski definition) is 1. The number of terminal acetylenes is 1. The largest absolute Gasteiger partial charge is 0.480 e. The number of rotatable bonds is 4. The van der Waals surface area contributed by atoms with Gasteiger partial charge in [0.1, 0.15) is 6.54 Å². The van der Waals surface area contributed by atoms with Gasteiger partial charge in [0.25, 0.3) is 5.91 Å². The number of aliphatic carboxylic acids is 1. The minimum atomic E-state index is -1.09. The minimum absolute atomic E-state index is 0.0311. The summed E-state index contributed by atoms with van der Waals surface area (Å²) in [6.45, 7) is 1.46. The van der Waals surface area contributed by atoms with E-state index < -0.39 is 18.4 Å². The topological polar surface area (TPSA) is 57.6 Å². The molecule has 0 radical (unpaired) electrons. The Morgan fingerprint density at radius 2 is 2.17 bits per heavy atom. The second-order valence-electron chi connectivity index (χ2n) is 3.72. The number of carbonyl (C=O) groups excluding carboxylic acids is 1. The summed E-state index contributed by atoms with van der Waals surface area (Å²) in [6, 6.07) is 5.09. The molecule has 5 heteroatoms. The van der Waals surface area contributed by atoms with Crippen LogP contribution < -0.4 is 0 Å². The van der Waals surface area contributed by atoms with Crippen LogP contribution in [0.5, 0.6) is 0 Å². The van der Waals surface area contributed by atoms with Crippen molar-refractivity contribution in [3.05, 3.63) is 33.8 Å². The van der Waals surface area contributed by atoms with E-state index in [1.54, 1.807) is 18.2 Å². The molecule has 0 bridgehead atoms. The van der Waals surface area contributed by atoms with Crippen molar-refractivity contribution in [2.45, 2.75) is 6.92 Å². The molecule has 94 valence electrons. The Balaban J connectivity index is 2.98. The molecule has 0 aliphatic heterocycles. The maximum absolute atomic E-state index is 12.1. The van der Waals surface area contributed by atoms with Gasteiger partial charge in [0.2, 0.25) is 0 Å². The van der Waals surface area contributed by atoms with Crippen molar-refractivity contribution in [2.24, 2.45) is 0 Å². The monoisotopic (exact) mass is 309 g/mol. The molecule has 0 aliphatic carbocycles. The third kappa shape index (κ3) is 3.60. The average Bonchev–Trinajstić information content (AvgIpc) is 2.31. The van der Waals surface area contributed by atoms with Crippen LogP contribution in [-0.4, -0.2) is 35.0 Å². The summed E-state index contributed by atoms with van der Waals surface area (Å²) in [6.07, 6.45) is 5.13. The summed E-state index contributed by atoms with van der Waals surface area (Å²) >= 11 is 3.33. The third-order valence-corrected chi connectivity index (χ3v) is 3.17. The van der Waals surface area contributed by atoms with E-state index >= 15 is 0 Å². The van der Waals surface area contributed by atoms with Crippen LogP contribution in [0.25, 0.3) is 0 Å². The van der Waals surface area contributed by atoms with Crippen LogP contribution >= 0.6 is 15.9 Å². The van der Waals surface area contributed by atoms with Gasteiger partial charge in [-0.15, -0.1) is 6.42 Å². The SMILES string of the molecule is C#CCN(CC(=O)O)C(=O)c1ccc(C)c(Br)c1. The predicted octanol–water partition coefficient (Wildman–Crippen LogP) is 1.92. The lowest BCUT2D eigenvalue weighted by Gasteiger charge is -2.18. The maximum atomic E-state index is 12.1. The molecule has 1 aromatic carbocycles. The highest BCUT2D eigenvalue weighted by atomic mass is 79.9. The van der Waals surface area contributed by atoms with Crippen molar-refractivity contribution < 1.29 is 14.7 Å². The molecule has 0 heterocycles. The molecule has 0 atom stereocenters. The highest BCUT2D eigenvalue weighted by Gasteiger charge is 2.18. The lowest BCUT2D eigenvalue weighted by molar-refractivity contribution is -0.137. The number of nitrogens with zero attached hydrogens (tertiary/aromatic N) is 1. The van der Waals surface area contributed by atoms with Gasteiger partial charge >= 0.3 is 5.97 Å². The first-order valence-electron chi connectivity index (χ1n) is 5.16. The Morgan fingerprint density at radius 3 is 2.67 bits per heavy atom. The lowest BCUT2D eigenvalue weighted by atomic mass is 10.1. The van der Waals surface area contributed by atoms with E-state index in [-0.39, 0.29) is 6.54 Å². The molecule has 0 spiro atoms. The fraction of sp³-hybridized carbons (Fsp3) is 0.231. The van der Waals surface area contributed by atoms with Crippen molar-refractivity contribution in [3.63, 3.8) is 0 Å². The van der Waals surface area contributed by atoms with Crippen LogP contribution in [0.15, 0.2) is 22.7 Å². The summed E-state index contributed by atoms with van der Waals surface area (Å²) in [4.78, 5) is 23.9. The summed E-state index contributed by atoms with van der Waals surface area (Å²) in [5.74, 6) is 0.795. The Morgan fingerprint density at radius 1 is 1.50 bits per heavy atom. The van der Waals surface area contributed by atoms with Gasteiger partial charge < -0.3 is 10.0 Å². The highest BCUT2D eigenvalue weighted by molar-refractivity contribution is 9.10. The normalized spacial score (nSPS) is 9.61. The van der Waals surface area contributed by atoms with Crippen LogP contribution in [0.4, 0.5) is 0 Å². The Bertz CT molecular complexity index is 519. The first kappa shape index (κ1) is 14.3. The Kier molecular flexibility index (Phi) is 4.93. The molecular formula is C13H12BrNO3. The number of benzene rings is 1. The van der Waals surface area contributed by atoms with E-state index in [0.29, 0.717) is 5.56 Å². The number of carboxylic acids is 1. The summed E-state index contributed by atoms with van der Waals surface area (Å²) in [5, 5.41) is 8.73. The number of amides is 1.